The van der Waals surface area contributed by atoms with Crippen LogP contribution in [0.25, 0.3) is 33.4 Å². The van der Waals surface area contributed by atoms with E-state index in [4.69, 9.17) is 28.5 Å². The fraction of sp³-hybridized carbons (Fsp3) is 0.415. The highest BCUT2D eigenvalue weighted by Gasteiger charge is 2.24. The summed E-state index contributed by atoms with van der Waals surface area (Å²) in [6.07, 6.45) is 1.54. The van der Waals surface area contributed by atoms with Crippen molar-refractivity contribution in [2.75, 3.05) is 97.7 Å². The fourth-order valence-electron chi connectivity index (χ4n) is 5.39. The molecule has 1 amide bonds. The first-order valence-corrected chi connectivity index (χ1v) is 20.7. The maximum absolute atomic E-state index is 12.1. The Morgan fingerprint density at radius 1 is 0.783 bits per heavy atom. The molecule has 2 atom stereocenters. The van der Waals surface area contributed by atoms with Gasteiger partial charge in [0.05, 0.1) is 69.2 Å². The second-order valence-corrected chi connectivity index (χ2v) is 14.5. The highest BCUT2D eigenvalue weighted by molar-refractivity contribution is 7.47. The van der Waals surface area contributed by atoms with E-state index in [1.807, 2.05) is 37.4 Å². The number of carbonyl (C=O) groups excluding carboxylic acids is 4. The van der Waals surface area contributed by atoms with Crippen LogP contribution >= 0.6 is 7.82 Å². The molecule has 2 N–H and O–H groups in total. The predicted molar refractivity (Wildman–Crippen MR) is 219 cm³/mol. The molecule has 0 saturated carbocycles. The number of phosphoric ester groups is 1. The predicted octanol–water partition coefficient (Wildman–Crippen LogP) is 3.78. The lowest BCUT2D eigenvalue weighted by Crippen LogP contribution is -2.31. The molecule has 1 aromatic heterocycles. The molecule has 0 aliphatic rings. The number of para-hydroxylation sites is 2. The van der Waals surface area contributed by atoms with Crippen LogP contribution in [0.4, 0.5) is 5.69 Å². The Labute approximate surface area is 348 Å². The number of benzene rings is 3. The third kappa shape index (κ3) is 18.0. The number of ketones is 1. The lowest BCUT2D eigenvalue weighted by molar-refractivity contribution is -0.144. The van der Waals surface area contributed by atoms with Crippen LogP contribution in [0.15, 0.2) is 79.0 Å². The van der Waals surface area contributed by atoms with Gasteiger partial charge in [0, 0.05) is 44.4 Å². The summed E-state index contributed by atoms with van der Waals surface area (Å²) < 4.78 is 52.1. The van der Waals surface area contributed by atoms with Gasteiger partial charge in [-0.05, 0) is 41.8 Å². The van der Waals surface area contributed by atoms with E-state index in [1.54, 1.807) is 6.20 Å². The van der Waals surface area contributed by atoms with Gasteiger partial charge < -0.3 is 43.5 Å². The summed E-state index contributed by atoms with van der Waals surface area (Å²) in [5.74, 6) is -0.597. The lowest BCUT2D eigenvalue weighted by Gasteiger charge is -2.20. The molecule has 0 fully saturated rings. The molecule has 0 saturated heterocycles. The Morgan fingerprint density at radius 3 is 2.27 bits per heavy atom. The number of aromatic nitrogens is 2. The SMILES string of the molecule is CN(CCOCCOCCCC(=O)COCCOCC(=O)NCCOP(=O)(O)OCC(COC=O)OC=O)c1cccc(-c2ccc(-c3cnc4ccccc4n3)cc2)c1. The first kappa shape index (κ1) is 47.5. The van der Waals surface area contributed by atoms with E-state index in [2.05, 4.69) is 71.7 Å². The average molecular weight is 855 g/mol. The van der Waals surface area contributed by atoms with Gasteiger partial charge >= 0.3 is 7.82 Å². The number of likely N-dealkylation sites (N-methyl/N-ethyl adjacent to an activating group) is 1. The first-order chi connectivity index (χ1) is 29.2. The lowest BCUT2D eigenvalue weighted by atomic mass is 10.0. The Kier molecular flexibility index (Phi) is 21.2. The number of amides is 1. The van der Waals surface area contributed by atoms with Gasteiger partial charge in [-0.15, -0.1) is 0 Å². The van der Waals surface area contributed by atoms with Crippen molar-refractivity contribution in [1.29, 1.82) is 0 Å². The molecule has 0 aliphatic carbocycles. The van der Waals surface area contributed by atoms with Crippen molar-refractivity contribution in [3.63, 3.8) is 0 Å². The second kappa shape index (κ2) is 26.8. The maximum Gasteiger partial charge on any atom is 0.472 e. The number of hydrogen-bond acceptors (Lipinski definition) is 16. The van der Waals surface area contributed by atoms with Crippen LogP contribution in [0.2, 0.25) is 0 Å². The number of hydrogen-bond donors (Lipinski definition) is 2. The van der Waals surface area contributed by atoms with Crippen molar-refractivity contribution >= 4 is 49.2 Å². The van der Waals surface area contributed by atoms with E-state index < -0.39 is 26.4 Å². The Bertz CT molecular complexity index is 1970. The minimum absolute atomic E-state index is 0.0683. The molecular formula is C41H51N4O14P. The number of carbonyl (C=O) groups is 4. The molecule has 19 heteroatoms. The molecule has 60 heavy (non-hydrogen) atoms. The molecule has 0 aliphatic heterocycles. The van der Waals surface area contributed by atoms with Crippen LogP contribution < -0.4 is 10.2 Å². The Morgan fingerprint density at radius 2 is 1.50 bits per heavy atom. The molecule has 3 aromatic carbocycles. The summed E-state index contributed by atoms with van der Waals surface area (Å²) in [4.78, 5) is 65.7. The normalized spacial score (nSPS) is 12.6. The number of phosphoric acid groups is 1. The summed E-state index contributed by atoms with van der Waals surface area (Å²) >= 11 is 0. The van der Waals surface area contributed by atoms with Crippen LogP contribution in [0.3, 0.4) is 0 Å². The van der Waals surface area contributed by atoms with Gasteiger partial charge in [-0.1, -0.05) is 48.5 Å². The standard InChI is InChI=1S/C41H51N4O14P/c1-45(35-7-4-6-34(24-35)32-11-13-33(14-12-32)40-25-43-38-9-2-3-10-39(38)44-40)16-19-53-21-20-52-17-5-8-36(48)26-54-22-23-55-29-41(49)42-15-18-58-60(50,51)59-28-37(57-31-47)27-56-30-46/h2-4,6-7,9-14,24-25,30-31,37H,5,8,15-23,26-29H2,1H3,(H,42,49)(H,50,51). The summed E-state index contributed by atoms with van der Waals surface area (Å²) in [7, 11) is -2.50. The highest BCUT2D eigenvalue weighted by atomic mass is 31.2. The van der Waals surface area contributed by atoms with Crippen molar-refractivity contribution in [3.05, 3.63) is 79.0 Å². The summed E-state index contributed by atoms with van der Waals surface area (Å²) in [5.41, 5.74) is 6.88. The molecule has 4 rings (SSSR count). The molecular weight excluding hydrogens is 803 g/mol. The fourth-order valence-corrected chi connectivity index (χ4v) is 6.14. The van der Waals surface area contributed by atoms with Gasteiger partial charge in [0.15, 0.2) is 11.9 Å². The minimum Gasteiger partial charge on any atom is -0.464 e. The molecule has 0 spiro atoms. The maximum atomic E-state index is 12.1. The Balaban J connectivity index is 0.958. The van der Waals surface area contributed by atoms with Crippen LogP contribution in [-0.4, -0.2) is 138 Å². The van der Waals surface area contributed by atoms with E-state index in [0.717, 1.165) is 39.1 Å². The van der Waals surface area contributed by atoms with Crippen molar-refractivity contribution < 1.29 is 66.1 Å². The summed E-state index contributed by atoms with van der Waals surface area (Å²) in [5, 5.41) is 2.42. The first-order valence-electron chi connectivity index (χ1n) is 19.2. The van der Waals surface area contributed by atoms with Crippen LogP contribution in [0.5, 0.6) is 0 Å². The van der Waals surface area contributed by atoms with Gasteiger partial charge in [0.1, 0.15) is 19.8 Å². The molecule has 1 heterocycles. The minimum atomic E-state index is -4.53. The van der Waals surface area contributed by atoms with Crippen LogP contribution in [-0.2, 0) is 61.2 Å². The summed E-state index contributed by atoms with van der Waals surface area (Å²) in [6, 6.07) is 24.5. The smallest absolute Gasteiger partial charge is 0.464 e. The van der Waals surface area contributed by atoms with Crippen molar-refractivity contribution in [1.82, 2.24) is 15.3 Å². The van der Waals surface area contributed by atoms with E-state index in [1.165, 1.54) is 0 Å². The molecule has 0 radical (unpaired) electrons. The molecule has 2 unspecified atom stereocenters. The number of nitrogens with one attached hydrogen (secondary N) is 1. The summed E-state index contributed by atoms with van der Waals surface area (Å²) in [6.45, 7) is 1.01. The zero-order valence-electron chi connectivity index (χ0n) is 33.4. The van der Waals surface area contributed by atoms with Gasteiger partial charge in [-0.3, -0.25) is 33.2 Å². The van der Waals surface area contributed by atoms with Crippen molar-refractivity contribution in [3.8, 4) is 22.4 Å². The largest absolute Gasteiger partial charge is 0.472 e. The van der Waals surface area contributed by atoms with Gasteiger partial charge in [-0.2, -0.15) is 0 Å². The molecule has 324 valence electrons. The highest BCUT2D eigenvalue weighted by Crippen LogP contribution is 2.43. The van der Waals surface area contributed by atoms with Gasteiger partial charge in [0.2, 0.25) is 5.91 Å². The molecule has 0 bridgehead atoms. The third-order valence-corrected chi connectivity index (χ3v) is 9.49. The van der Waals surface area contributed by atoms with Crippen LogP contribution in [0, 0.1) is 0 Å². The number of nitrogens with zero attached hydrogens (tertiary/aromatic N) is 3. The number of ether oxygens (including phenoxy) is 6. The molecule has 18 nitrogen and oxygen atoms in total. The monoisotopic (exact) mass is 854 g/mol. The van der Waals surface area contributed by atoms with E-state index in [9.17, 15) is 28.6 Å². The number of rotatable bonds is 32. The van der Waals surface area contributed by atoms with E-state index >= 15 is 0 Å². The topological polar surface area (TPSA) is 220 Å². The Hall–Kier alpha value is -5.17. The van der Waals surface area contributed by atoms with Crippen LogP contribution in [0.1, 0.15) is 12.8 Å². The quantitative estimate of drug-likeness (QED) is 0.0405. The number of Topliss-reactive ketones (excluding diaryl/α,β-unsaturated/α-hetero) is 1. The second-order valence-electron chi connectivity index (χ2n) is 13.0. The third-order valence-electron chi connectivity index (χ3n) is 8.51. The zero-order chi connectivity index (χ0) is 42.8. The van der Waals surface area contributed by atoms with Crippen molar-refractivity contribution in [2.24, 2.45) is 0 Å². The van der Waals surface area contributed by atoms with Gasteiger partial charge in [-0.25, -0.2) is 9.55 Å². The average Bonchev–Trinajstić information content (AvgIpc) is 3.26. The van der Waals surface area contributed by atoms with Crippen molar-refractivity contribution in [2.45, 2.75) is 18.9 Å². The van der Waals surface area contributed by atoms with E-state index in [0.29, 0.717) is 45.8 Å². The number of fused-ring (bicyclic) bond motifs is 1. The zero-order valence-corrected chi connectivity index (χ0v) is 34.3. The molecule has 4 aromatic rings. The van der Waals surface area contributed by atoms with Gasteiger partial charge in [0.25, 0.3) is 12.9 Å². The number of anilines is 1. The van der Waals surface area contributed by atoms with E-state index in [-0.39, 0.29) is 64.9 Å².